The highest BCUT2D eigenvalue weighted by Gasteiger charge is 2.29. The van der Waals surface area contributed by atoms with Gasteiger partial charge in [0.25, 0.3) is 0 Å². The zero-order chi connectivity index (χ0) is 22.4. The van der Waals surface area contributed by atoms with Crippen LogP contribution in [0.4, 0.5) is 0 Å². The molecule has 0 spiro atoms. The number of benzene rings is 1. The first-order valence-electron chi connectivity index (χ1n) is 9.61. The van der Waals surface area contributed by atoms with Crippen molar-refractivity contribution >= 4 is 41.3 Å². The fourth-order valence-corrected chi connectivity index (χ4v) is 3.35. The number of carboxylic acids is 1. The summed E-state index contributed by atoms with van der Waals surface area (Å²) >= 11 is 4.02. The minimum Gasteiger partial charge on any atom is -0.480 e. The molecule has 11 heteroatoms. The second-order valence-electron chi connectivity index (χ2n) is 7.09. The number of para-hydroxylation sites is 1. The number of aromatic amines is 2. The molecule has 2 aromatic heterocycles. The maximum Gasteiger partial charge on any atom is 0.326 e. The van der Waals surface area contributed by atoms with E-state index in [4.69, 9.17) is 5.73 Å². The third-order valence-electron chi connectivity index (χ3n) is 4.86. The normalized spacial score (nSPS) is 14.0. The molecule has 31 heavy (non-hydrogen) atoms. The number of carboxylic acid groups (broad SMARTS) is 1. The average molecular weight is 445 g/mol. The summed E-state index contributed by atoms with van der Waals surface area (Å²) in [6.45, 7) is 0. The number of H-pyrrole nitrogens is 2. The Morgan fingerprint density at radius 2 is 1.84 bits per heavy atom. The molecule has 3 atom stereocenters. The number of nitrogens with one attached hydrogen (secondary N) is 4. The summed E-state index contributed by atoms with van der Waals surface area (Å²) in [5.74, 6) is -2.27. The summed E-state index contributed by atoms with van der Waals surface area (Å²) in [4.78, 5) is 46.8. The molecule has 10 nitrogen and oxygen atoms in total. The van der Waals surface area contributed by atoms with E-state index in [2.05, 4.69) is 38.2 Å². The quantitative estimate of drug-likeness (QED) is 0.217. The lowest BCUT2D eigenvalue weighted by atomic mass is 10.0. The maximum absolute atomic E-state index is 13.0. The predicted molar refractivity (Wildman–Crippen MR) is 118 cm³/mol. The number of thiol groups is 1. The smallest absolute Gasteiger partial charge is 0.326 e. The standard InChI is InChI=1S/C20H24N6O4S/c21-14(9-31)18(27)25-16(5-11-7-23-15-4-2-1-3-13(11)15)19(28)26-17(20(29)30)6-12-8-22-10-24-12/h1-4,7-8,10,14,16-17,23,31H,5-6,9,21H2,(H,22,24)(H,25,27)(H,26,28)(H,29,30). The average Bonchev–Trinajstić information content (AvgIpc) is 3.42. The lowest BCUT2D eigenvalue weighted by Crippen LogP contribution is -2.55. The van der Waals surface area contributed by atoms with Gasteiger partial charge in [0.05, 0.1) is 12.4 Å². The van der Waals surface area contributed by atoms with E-state index in [9.17, 15) is 19.5 Å². The molecule has 7 N–H and O–H groups in total. The number of amides is 2. The number of nitrogens with zero attached hydrogens (tertiary/aromatic N) is 1. The number of aliphatic carboxylic acids is 1. The Hall–Kier alpha value is -3.31. The van der Waals surface area contributed by atoms with E-state index in [1.807, 2.05) is 24.3 Å². The van der Waals surface area contributed by atoms with Crippen LogP contribution in [0.15, 0.2) is 43.0 Å². The van der Waals surface area contributed by atoms with Gasteiger partial charge in [0.2, 0.25) is 11.8 Å². The fraction of sp³-hybridized carbons (Fsp3) is 0.300. The van der Waals surface area contributed by atoms with Crippen molar-refractivity contribution in [3.05, 3.63) is 54.2 Å². The Labute approximate surface area is 183 Å². The van der Waals surface area contributed by atoms with Crippen molar-refractivity contribution in [1.29, 1.82) is 0 Å². The summed E-state index contributed by atoms with van der Waals surface area (Å²) in [5, 5.41) is 15.6. The first kappa shape index (κ1) is 22.4. The van der Waals surface area contributed by atoms with E-state index in [1.54, 1.807) is 6.20 Å². The van der Waals surface area contributed by atoms with Crippen molar-refractivity contribution in [2.75, 3.05) is 5.75 Å². The van der Waals surface area contributed by atoms with Crippen molar-refractivity contribution in [3.63, 3.8) is 0 Å². The minimum atomic E-state index is -1.20. The summed E-state index contributed by atoms with van der Waals surface area (Å²) in [5.41, 5.74) is 7.98. The third kappa shape index (κ3) is 5.64. The van der Waals surface area contributed by atoms with E-state index < -0.39 is 35.9 Å². The van der Waals surface area contributed by atoms with Gasteiger partial charge in [-0.15, -0.1) is 0 Å². The molecule has 2 heterocycles. The first-order chi connectivity index (χ1) is 14.9. The zero-order valence-corrected chi connectivity index (χ0v) is 17.4. The second kappa shape index (κ2) is 10.1. The summed E-state index contributed by atoms with van der Waals surface area (Å²) < 4.78 is 0. The van der Waals surface area contributed by atoms with Crippen LogP contribution in [0.5, 0.6) is 0 Å². The van der Waals surface area contributed by atoms with Crippen LogP contribution in [0.3, 0.4) is 0 Å². The van der Waals surface area contributed by atoms with Crippen molar-refractivity contribution < 1.29 is 19.5 Å². The Kier molecular flexibility index (Phi) is 7.32. The molecule has 3 unspecified atom stereocenters. The number of carbonyl (C=O) groups is 3. The molecule has 3 rings (SSSR count). The van der Waals surface area contributed by atoms with Crippen LogP contribution in [-0.2, 0) is 27.2 Å². The second-order valence-corrected chi connectivity index (χ2v) is 7.46. The SMILES string of the molecule is NC(CS)C(=O)NC(Cc1c[nH]c2ccccc12)C(=O)NC(Cc1cnc[nH]1)C(=O)O. The van der Waals surface area contributed by atoms with Crippen LogP contribution >= 0.6 is 12.6 Å². The Bertz CT molecular complexity index is 1050. The lowest BCUT2D eigenvalue weighted by molar-refractivity contribution is -0.142. The molecule has 0 radical (unpaired) electrons. The van der Waals surface area contributed by atoms with Crippen molar-refractivity contribution in [2.24, 2.45) is 5.73 Å². The van der Waals surface area contributed by atoms with Gasteiger partial charge in [0, 0.05) is 47.6 Å². The topological polar surface area (TPSA) is 166 Å². The summed E-state index contributed by atoms with van der Waals surface area (Å²) in [6, 6.07) is 4.42. The predicted octanol–water partition coefficient (Wildman–Crippen LogP) is -0.0125. The molecular weight excluding hydrogens is 420 g/mol. The van der Waals surface area contributed by atoms with Crippen LogP contribution < -0.4 is 16.4 Å². The van der Waals surface area contributed by atoms with Crippen LogP contribution in [0.25, 0.3) is 10.9 Å². The molecule has 3 aromatic rings. The van der Waals surface area contributed by atoms with Gasteiger partial charge in [-0.2, -0.15) is 12.6 Å². The van der Waals surface area contributed by atoms with Crippen molar-refractivity contribution in [1.82, 2.24) is 25.6 Å². The van der Waals surface area contributed by atoms with Gasteiger partial charge >= 0.3 is 5.97 Å². The lowest BCUT2D eigenvalue weighted by Gasteiger charge is -2.22. The van der Waals surface area contributed by atoms with E-state index in [0.29, 0.717) is 5.69 Å². The molecular formula is C20H24N6O4S. The molecule has 0 aliphatic carbocycles. The molecule has 0 bridgehead atoms. The number of imidazole rings is 1. The van der Waals surface area contributed by atoms with Crippen LogP contribution in [-0.4, -0.2) is 61.7 Å². The van der Waals surface area contributed by atoms with Gasteiger partial charge in [0.1, 0.15) is 12.1 Å². The molecule has 164 valence electrons. The molecule has 0 fully saturated rings. The Balaban J connectivity index is 1.80. The van der Waals surface area contributed by atoms with Gasteiger partial charge in [-0.25, -0.2) is 9.78 Å². The highest BCUT2D eigenvalue weighted by molar-refractivity contribution is 7.80. The van der Waals surface area contributed by atoms with Crippen LogP contribution in [0, 0.1) is 0 Å². The number of aromatic nitrogens is 3. The number of carbonyl (C=O) groups excluding carboxylic acids is 2. The van der Waals surface area contributed by atoms with Gasteiger partial charge in [-0.05, 0) is 11.6 Å². The summed E-state index contributed by atoms with van der Waals surface area (Å²) in [7, 11) is 0. The molecule has 1 aromatic carbocycles. The molecule has 0 saturated carbocycles. The number of fused-ring (bicyclic) bond motifs is 1. The Morgan fingerprint density at radius 1 is 1.10 bits per heavy atom. The van der Waals surface area contributed by atoms with Gasteiger partial charge < -0.3 is 31.4 Å². The largest absolute Gasteiger partial charge is 0.480 e. The monoisotopic (exact) mass is 444 g/mol. The van der Waals surface area contributed by atoms with Crippen LogP contribution in [0.1, 0.15) is 11.3 Å². The number of nitrogens with two attached hydrogens (primary N) is 1. The van der Waals surface area contributed by atoms with Gasteiger partial charge in [0.15, 0.2) is 0 Å². The van der Waals surface area contributed by atoms with E-state index in [-0.39, 0.29) is 18.6 Å². The van der Waals surface area contributed by atoms with Gasteiger partial charge in [-0.1, -0.05) is 18.2 Å². The number of hydrogen-bond donors (Lipinski definition) is 7. The zero-order valence-electron chi connectivity index (χ0n) is 16.5. The van der Waals surface area contributed by atoms with Crippen molar-refractivity contribution in [3.8, 4) is 0 Å². The number of rotatable bonds is 10. The minimum absolute atomic E-state index is 0.0188. The molecule has 0 aliphatic heterocycles. The maximum atomic E-state index is 13.0. The molecule has 2 amide bonds. The van der Waals surface area contributed by atoms with Crippen molar-refractivity contribution in [2.45, 2.75) is 31.0 Å². The fourth-order valence-electron chi connectivity index (χ4n) is 3.18. The van der Waals surface area contributed by atoms with E-state index >= 15 is 0 Å². The summed E-state index contributed by atoms with van der Waals surface area (Å²) in [6.07, 6.45) is 4.84. The van der Waals surface area contributed by atoms with E-state index in [0.717, 1.165) is 16.5 Å². The third-order valence-corrected chi connectivity index (χ3v) is 5.25. The highest BCUT2D eigenvalue weighted by atomic mass is 32.1. The Morgan fingerprint density at radius 3 is 2.52 bits per heavy atom. The van der Waals surface area contributed by atoms with Crippen LogP contribution in [0.2, 0.25) is 0 Å². The first-order valence-corrected chi connectivity index (χ1v) is 10.2. The molecule has 0 saturated heterocycles. The van der Waals surface area contributed by atoms with E-state index in [1.165, 1.54) is 12.5 Å². The highest BCUT2D eigenvalue weighted by Crippen LogP contribution is 2.19. The van der Waals surface area contributed by atoms with Gasteiger partial charge in [-0.3, -0.25) is 9.59 Å². The number of hydrogen-bond acceptors (Lipinski definition) is 6. The molecule has 0 aliphatic rings.